The maximum absolute atomic E-state index is 12.5. The van der Waals surface area contributed by atoms with Gasteiger partial charge in [0.05, 0.1) is 25.5 Å². The van der Waals surface area contributed by atoms with E-state index in [2.05, 4.69) is 29.0 Å². The molecule has 6 nitrogen and oxygen atoms in total. The average molecular weight is 357 g/mol. The molecule has 0 atom stereocenters. The summed E-state index contributed by atoms with van der Waals surface area (Å²) in [6.45, 7) is 6.20. The first-order valence-electron chi connectivity index (χ1n) is 8.87. The molecular formula is C20H27N3O3. The molecule has 0 spiro atoms. The van der Waals surface area contributed by atoms with Crippen LogP contribution in [0.15, 0.2) is 36.5 Å². The summed E-state index contributed by atoms with van der Waals surface area (Å²) in [6.07, 6.45) is 3.72. The number of benzene rings is 1. The van der Waals surface area contributed by atoms with Gasteiger partial charge in [-0.2, -0.15) is 0 Å². The second kappa shape index (κ2) is 9.65. The Morgan fingerprint density at radius 2 is 1.81 bits per heavy atom. The lowest BCUT2D eigenvalue weighted by Crippen LogP contribution is -2.26. The minimum atomic E-state index is -0.231. The molecule has 0 saturated carbocycles. The smallest absolute Gasteiger partial charge is 0.257 e. The number of nitrogens with zero attached hydrogens (tertiary/aromatic N) is 2. The zero-order chi connectivity index (χ0) is 18.9. The summed E-state index contributed by atoms with van der Waals surface area (Å²) in [5.74, 6) is 1.87. The number of pyridine rings is 1. The van der Waals surface area contributed by atoms with Crippen molar-refractivity contribution < 1.29 is 14.3 Å². The molecule has 2 aromatic rings. The lowest BCUT2D eigenvalue weighted by molar-refractivity contribution is 0.102. The van der Waals surface area contributed by atoms with Gasteiger partial charge in [-0.15, -0.1) is 0 Å². The Morgan fingerprint density at radius 1 is 1.08 bits per heavy atom. The number of nitrogens with one attached hydrogen (secondary N) is 1. The number of rotatable bonds is 9. The zero-order valence-electron chi connectivity index (χ0n) is 15.9. The Labute approximate surface area is 155 Å². The zero-order valence-corrected chi connectivity index (χ0v) is 15.9. The molecular weight excluding hydrogens is 330 g/mol. The third-order valence-corrected chi connectivity index (χ3v) is 3.98. The van der Waals surface area contributed by atoms with Crippen LogP contribution < -0.4 is 19.7 Å². The van der Waals surface area contributed by atoms with Crippen molar-refractivity contribution in [1.29, 1.82) is 0 Å². The van der Waals surface area contributed by atoms with Crippen LogP contribution in [0.2, 0.25) is 0 Å². The number of carbonyl (C=O) groups excluding carboxylic acids is 1. The molecule has 6 heteroatoms. The molecule has 0 unspecified atom stereocenters. The molecule has 1 amide bonds. The topological polar surface area (TPSA) is 63.7 Å². The van der Waals surface area contributed by atoms with E-state index >= 15 is 0 Å². The molecule has 0 radical (unpaired) electrons. The Hall–Kier alpha value is -2.76. The van der Waals surface area contributed by atoms with Gasteiger partial charge in [0, 0.05) is 25.4 Å². The van der Waals surface area contributed by atoms with Gasteiger partial charge in [-0.05, 0) is 37.1 Å². The molecule has 1 aromatic heterocycles. The molecule has 26 heavy (non-hydrogen) atoms. The highest BCUT2D eigenvalue weighted by molar-refractivity contribution is 6.05. The van der Waals surface area contributed by atoms with Crippen molar-refractivity contribution in [1.82, 2.24) is 4.98 Å². The van der Waals surface area contributed by atoms with Crippen LogP contribution in [-0.2, 0) is 0 Å². The van der Waals surface area contributed by atoms with Gasteiger partial charge in [0.2, 0.25) is 0 Å². The summed E-state index contributed by atoms with van der Waals surface area (Å²) in [4.78, 5) is 19.2. The van der Waals surface area contributed by atoms with E-state index in [1.807, 2.05) is 6.07 Å². The summed E-state index contributed by atoms with van der Waals surface area (Å²) in [6, 6.07) is 8.94. The van der Waals surface area contributed by atoms with Crippen LogP contribution in [0.25, 0.3) is 0 Å². The fraction of sp³-hybridized carbons (Fsp3) is 0.400. The van der Waals surface area contributed by atoms with E-state index in [9.17, 15) is 4.79 Å². The van der Waals surface area contributed by atoms with Gasteiger partial charge in [-0.25, -0.2) is 4.98 Å². The van der Waals surface area contributed by atoms with Crippen LogP contribution in [0.1, 0.15) is 37.0 Å². The van der Waals surface area contributed by atoms with Gasteiger partial charge in [0.15, 0.2) is 0 Å². The van der Waals surface area contributed by atoms with E-state index in [4.69, 9.17) is 9.47 Å². The first-order chi connectivity index (χ1) is 12.6. The Kier molecular flexibility index (Phi) is 7.26. The molecule has 0 bridgehead atoms. The second-order valence-corrected chi connectivity index (χ2v) is 5.91. The Balaban J connectivity index is 2.13. The molecule has 0 aliphatic rings. The van der Waals surface area contributed by atoms with Gasteiger partial charge >= 0.3 is 0 Å². The summed E-state index contributed by atoms with van der Waals surface area (Å²) >= 11 is 0. The fourth-order valence-electron chi connectivity index (χ4n) is 2.68. The molecule has 0 aliphatic carbocycles. The van der Waals surface area contributed by atoms with Gasteiger partial charge in [0.25, 0.3) is 5.91 Å². The molecule has 140 valence electrons. The van der Waals surface area contributed by atoms with Crippen molar-refractivity contribution in [3.05, 3.63) is 42.1 Å². The van der Waals surface area contributed by atoms with Crippen LogP contribution >= 0.6 is 0 Å². The number of methoxy groups -OCH3 is 2. The first-order valence-corrected chi connectivity index (χ1v) is 8.87. The predicted octanol–water partition coefficient (Wildman–Crippen LogP) is 3.98. The molecule has 1 N–H and O–H groups in total. The number of hydrogen-bond acceptors (Lipinski definition) is 5. The van der Waals surface area contributed by atoms with Crippen molar-refractivity contribution in [2.75, 3.05) is 37.5 Å². The van der Waals surface area contributed by atoms with Crippen molar-refractivity contribution in [2.24, 2.45) is 0 Å². The minimum absolute atomic E-state index is 0.231. The third kappa shape index (κ3) is 4.88. The highest BCUT2D eigenvalue weighted by atomic mass is 16.5. The quantitative estimate of drug-likeness (QED) is 0.735. The lowest BCUT2D eigenvalue weighted by Gasteiger charge is -2.22. The lowest BCUT2D eigenvalue weighted by atomic mass is 10.2. The number of aromatic nitrogens is 1. The monoisotopic (exact) mass is 357 g/mol. The SMILES string of the molecule is CCCN(CCC)c1ccc(C(=O)Nc2ccc(OC)cc2OC)cn1. The van der Waals surface area contributed by atoms with Gasteiger partial charge in [0.1, 0.15) is 17.3 Å². The van der Waals surface area contributed by atoms with E-state index in [1.165, 1.54) is 0 Å². The van der Waals surface area contributed by atoms with E-state index in [1.54, 1.807) is 44.7 Å². The number of hydrogen-bond donors (Lipinski definition) is 1. The molecule has 1 heterocycles. The van der Waals surface area contributed by atoms with Gasteiger partial charge < -0.3 is 19.7 Å². The molecule has 2 rings (SSSR count). The normalized spacial score (nSPS) is 10.3. The van der Waals surface area contributed by atoms with Gasteiger partial charge in [-0.3, -0.25) is 4.79 Å². The maximum atomic E-state index is 12.5. The fourth-order valence-corrected chi connectivity index (χ4v) is 2.68. The van der Waals surface area contributed by atoms with Crippen molar-refractivity contribution in [3.63, 3.8) is 0 Å². The maximum Gasteiger partial charge on any atom is 0.257 e. The molecule has 1 aromatic carbocycles. The van der Waals surface area contributed by atoms with E-state index < -0.39 is 0 Å². The highest BCUT2D eigenvalue weighted by Gasteiger charge is 2.12. The summed E-state index contributed by atoms with van der Waals surface area (Å²) in [7, 11) is 3.14. The predicted molar refractivity (Wildman–Crippen MR) is 105 cm³/mol. The molecule has 0 saturated heterocycles. The van der Waals surface area contributed by atoms with Crippen LogP contribution in [0.5, 0.6) is 11.5 Å². The van der Waals surface area contributed by atoms with Crippen molar-refractivity contribution >= 4 is 17.4 Å². The summed E-state index contributed by atoms with van der Waals surface area (Å²) in [5.41, 5.74) is 1.08. The Bertz CT molecular complexity index is 711. The number of anilines is 2. The number of amides is 1. The average Bonchev–Trinajstić information content (AvgIpc) is 2.68. The number of ether oxygens (including phenoxy) is 2. The van der Waals surface area contributed by atoms with Crippen molar-refractivity contribution in [2.45, 2.75) is 26.7 Å². The van der Waals surface area contributed by atoms with E-state index in [-0.39, 0.29) is 5.91 Å². The van der Waals surface area contributed by atoms with Crippen LogP contribution in [0.3, 0.4) is 0 Å². The van der Waals surface area contributed by atoms with E-state index in [0.717, 1.165) is 31.7 Å². The van der Waals surface area contributed by atoms with Crippen molar-refractivity contribution in [3.8, 4) is 11.5 Å². The highest BCUT2D eigenvalue weighted by Crippen LogP contribution is 2.29. The van der Waals surface area contributed by atoms with Crippen LogP contribution in [0, 0.1) is 0 Å². The molecule has 0 fully saturated rings. The summed E-state index contributed by atoms with van der Waals surface area (Å²) in [5, 5.41) is 2.85. The summed E-state index contributed by atoms with van der Waals surface area (Å²) < 4.78 is 10.5. The van der Waals surface area contributed by atoms with Crippen LogP contribution in [0.4, 0.5) is 11.5 Å². The first kappa shape index (κ1) is 19.6. The second-order valence-electron chi connectivity index (χ2n) is 5.91. The van der Waals surface area contributed by atoms with Crippen LogP contribution in [-0.4, -0.2) is 38.2 Å². The standard InChI is InChI=1S/C20H27N3O3/c1-5-11-23(12-6-2)19-10-7-15(14-21-19)20(24)22-17-9-8-16(25-3)13-18(17)26-4/h7-10,13-14H,5-6,11-12H2,1-4H3,(H,22,24). The molecule has 0 aliphatic heterocycles. The number of carbonyl (C=O) groups is 1. The minimum Gasteiger partial charge on any atom is -0.497 e. The largest absolute Gasteiger partial charge is 0.497 e. The van der Waals surface area contributed by atoms with E-state index in [0.29, 0.717) is 22.7 Å². The Morgan fingerprint density at radius 3 is 2.35 bits per heavy atom. The van der Waals surface area contributed by atoms with Gasteiger partial charge in [-0.1, -0.05) is 13.8 Å². The third-order valence-electron chi connectivity index (χ3n) is 3.98.